The molecule has 2 aromatic rings. The first-order chi connectivity index (χ1) is 12.0. The molecule has 1 amide bonds. The molecular formula is C19H23ClN2O3. The number of amides is 1. The van der Waals surface area contributed by atoms with Gasteiger partial charge in [0.2, 0.25) is 5.91 Å². The first-order valence-corrected chi connectivity index (χ1v) is 8.41. The maximum Gasteiger partial charge on any atom is 0.239 e. The Bertz CT molecular complexity index is 694. The van der Waals surface area contributed by atoms with Crippen molar-refractivity contribution in [3.8, 4) is 11.5 Å². The minimum atomic E-state index is -0.116. The fourth-order valence-corrected chi connectivity index (χ4v) is 2.79. The molecule has 25 heavy (non-hydrogen) atoms. The highest BCUT2D eigenvalue weighted by Gasteiger charge is 2.07. The summed E-state index contributed by atoms with van der Waals surface area (Å²) in [5, 5.41) is 6.50. The quantitative estimate of drug-likeness (QED) is 0.705. The zero-order chi connectivity index (χ0) is 18.2. The van der Waals surface area contributed by atoms with Crippen LogP contribution in [0, 0.1) is 13.8 Å². The van der Waals surface area contributed by atoms with Crippen molar-refractivity contribution < 1.29 is 14.3 Å². The average Bonchev–Trinajstić information content (AvgIpc) is 2.58. The Morgan fingerprint density at radius 3 is 2.44 bits per heavy atom. The van der Waals surface area contributed by atoms with E-state index in [1.807, 2.05) is 50.2 Å². The molecule has 0 unspecified atom stereocenters. The molecule has 0 aromatic heterocycles. The third-order valence-electron chi connectivity index (χ3n) is 3.61. The van der Waals surface area contributed by atoms with E-state index in [9.17, 15) is 4.79 Å². The first kappa shape index (κ1) is 18.9. The molecule has 0 atom stereocenters. The maximum atomic E-state index is 11.9. The molecule has 0 saturated carbocycles. The average molecular weight is 363 g/mol. The first-order valence-electron chi connectivity index (χ1n) is 8.04. The van der Waals surface area contributed by atoms with E-state index in [1.54, 1.807) is 7.11 Å². The Morgan fingerprint density at radius 2 is 1.80 bits per heavy atom. The molecule has 2 rings (SSSR count). The monoisotopic (exact) mass is 362 g/mol. The predicted molar refractivity (Wildman–Crippen MR) is 101 cm³/mol. The number of carbonyl (C=O) groups excluding carboxylic acids is 1. The normalized spacial score (nSPS) is 10.2. The second kappa shape index (κ2) is 9.18. The fourth-order valence-electron chi connectivity index (χ4n) is 2.40. The van der Waals surface area contributed by atoms with Gasteiger partial charge in [0.1, 0.15) is 18.1 Å². The lowest BCUT2D eigenvalue weighted by atomic mass is 10.1. The van der Waals surface area contributed by atoms with Crippen LogP contribution in [0.4, 0.5) is 5.69 Å². The number of ether oxygens (including phenoxy) is 2. The highest BCUT2D eigenvalue weighted by molar-refractivity contribution is 6.33. The summed E-state index contributed by atoms with van der Waals surface area (Å²) in [5.41, 5.74) is 2.89. The Balaban J connectivity index is 1.70. The number of methoxy groups -OCH3 is 1. The summed E-state index contributed by atoms with van der Waals surface area (Å²) >= 11 is 6.21. The minimum absolute atomic E-state index is 0.116. The lowest BCUT2D eigenvalue weighted by Crippen LogP contribution is -2.33. The zero-order valence-corrected chi connectivity index (χ0v) is 15.4. The largest absolute Gasteiger partial charge is 0.497 e. The van der Waals surface area contributed by atoms with Gasteiger partial charge >= 0.3 is 0 Å². The van der Waals surface area contributed by atoms with Crippen molar-refractivity contribution >= 4 is 23.2 Å². The van der Waals surface area contributed by atoms with Crippen molar-refractivity contribution in [2.24, 2.45) is 0 Å². The van der Waals surface area contributed by atoms with Gasteiger partial charge in [-0.3, -0.25) is 4.79 Å². The highest BCUT2D eigenvalue weighted by Crippen LogP contribution is 2.26. The molecule has 134 valence electrons. The van der Waals surface area contributed by atoms with Gasteiger partial charge in [0, 0.05) is 0 Å². The van der Waals surface area contributed by atoms with E-state index in [1.165, 1.54) is 0 Å². The molecule has 0 saturated heterocycles. The number of carbonyl (C=O) groups is 1. The van der Waals surface area contributed by atoms with Crippen molar-refractivity contribution in [3.63, 3.8) is 0 Å². The lowest BCUT2D eigenvalue weighted by Gasteiger charge is -2.13. The number of rotatable bonds is 8. The van der Waals surface area contributed by atoms with Gasteiger partial charge in [0.05, 0.1) is 30.9 Å². The van der Waals surface area contributed by atoms with Crippen molar-refractivity contribution in [1.29, 1.82) is 0 Å². The van der Waals surface area contributed by atoms with Crippen LogP contribution in [0.25, 0.3) is 0 Å². The number of aryl methyl sites for hydroxylation is 2. The number of nitrogens with one attached hydrogen (secondary N) is 2. The van der Waals surface area contributed by atoms with Gasteiger partial charge in [-0.25, -0.2) is 0 Å². The Morgan fingerprint density at radius 1 is 1.12 bits per heavy atom. The van der Waals surface area contributed by atoms with Gasteiger partial charge in [0.25, 0.3) is 0 Å². The van der Waals surface area contributed by atoms with Crippen LogP contribution in [-0.2, 0) is 4.79 Å². The van der Waals surface area contributed by atoms with Crippen LogP contribution < -0.4 is 20.1 Å². The number of hydrogen-bond acceptors (Lipinski definition) is 4. The van der Waals surface area contributed by atoms with Crippen LogP contribution >= 0.6 is 11.6 Å². The molecule has 0 aliphatic rings. The molecule has 0 fully saturated rings. The number of benzene rings is 2. The van der Waals surface area contributed by atoms with Crippen molar-refractivity contribution in [3.05, 3.63) is 52.5 Å². The zero-order valence-electron chi connectivity index (χ0n) is 14.7. The second-order valence-electron chi connectivity index (χ2n) is 5.67. The molecule has 5 nitrogen and oxygen atoms in total. The van der Waals surface area contributed by atoms with Gasteiger partial charge in [-0.05, 0) is 55.3 Å². The molecule has 2 N–H and O–H groups in total. The van der Waals surface area contributed by atoms with Crippen molar-refractivity contribution in [2.75, 3.05) is 32.1 Å². The van der Waals surface area contributed by atoms with Crippen LogP contribution in [0.3, 0.4) is 0 Å². The van der Waals surface area contributed by atoms with Crippen LogP contribution in [0.2, 0.25) is 5.02 Å². The minimum Gasteiger partial charge on any atom is -0.497 e. The molecule has 0 heterocycles. The van der Waals surface area contributed by atoms with E-state index in [4.69, 9.17) is 21.1 Å². The van der Waals surface area contributed by atoms with Crippen molar-refractivity contribution in [2.45, 2.75) is 13.8 Å². The van der Waals surface area contributed by atoms with Crippen LogP contribution in [0.5, 0.6) is 11.5 Å². The SMILES string of the molecule is COc1ccc(OCCNC(=O)CNc2c(C)cc(C)cc2Cl)cc1. The summed E-state index contributed by atoms with van der Waals surface area (Å²) in [4.78, 5) is 11.9. The summed E-state index contributed by atoms with van der Waals surface area (Å²) in [6.45, 7) is 4.92. The van der Waals surface area contributed by atoms with Gasteiger partial charge in [0.15, 0.2) is 0 Å². The Hall–Kier alpha value is -2.40. The third kappa shape index (κ3) is 5.87. The topological polar surface area (TPSA) is 59.6 Å². The van der Waals surface area contributed by atoms with Crippen LogP contribution in [-0.4, -0.2) is 32.7 Å². The van der Waals surface area contributed by atoms with E-state index in [2.05, 4.69) is 10.6 Å². The highest BCUT2D eigenvalue weighted by atomic mass is 35.5. The van der Waals surface area contributed by atoms with Gasteiger partial charge in [-0.1, -0.05) is 17.7 Å². The summed E-state index contributed by atoms with van der Waals surface area (Å²) in [6.07, 6.45) is 0. The second-order valence-corrected chi connectivity index (χ2v) is 6.07. The molecule has 0 aliphatic carbocycles. The molecule has 0 spiro atoms. The van der Waals surface area contributed by atoms with Gasteiger partial charge < -0.3 is 20.1 Å². The molecule has 0 radical (unpaired) electrons. The Labute approximate surface area is 153 Å². The predicted octanol–water partition coefficient (Wildman–Crippen LogP) is 3.57. The smallest absolute Gasteiger partial charge is 0.239 e. The Kier molecular flexibility index (Phi) is 6.95. The van der Waals surface area contributed by atoms with E-state index >= 15 is 0 Å². The number of halogens is 1. The number of hydrogen-bond donors (Lipinski definition) is 2. The number of anilines is 1. The molecule has 0 bridgehead atoms. The summed E-state index contributed by atoms with van der Waals surface area (Å²) in [7, 11) is 1.62. The van der Waals surface area contributed by atoms with E-state index < -0.39 is 0 Å². The standard InChI is InChI=1S/C19H23ClN2O3/c1-13-10-14(2)19(17(20)11-13)22-12-18(23)21-8-9-25-16-6-4-15(24-3)5-7-16/h4-7,10-11,22H,8-9,12H2,1-3H3,(H,21,23). The van der Waals surface area contributed by atoms with E-state index in [0.29, 0.717) is 18.2 Å². The molecular weight excluding hydrogens is 340 g/mol. The molecule has 6 heteroatoms. The molecule has 2 aromatic carbocycles. The fraction of sp³-hybridized carbons (Fsp3) is 0.316. The van der Waals surface area contributed by atoms with Gasteiger partial charge in [-0.2, -0.15) is 0 Å². The lowest BCUT2D eigenvalue weighted by molar-refractivity contribution is -0.119. The molecule has 0 aliphatic heterocycles. The summed E-state index contributed by atoms with van der Waals surface area (Å²) < 4.78 is 10.6. The van der Waals surface area contributed by atoms with E-state index in [-0.39, 0.29) is 12.5 Å². The van der Waals surface area contributed by atoms with Gasteiger partial charge in [-0.15, -0.1) is 0 Å². The van der Waals surface area contributed by atoms with Crippen molar-refractivity contribution in [1.82, 2.24) is 5.32 Å². The third-order valence-corrected chi connectivity index (χ3v) is 3.91. The van der Waals surface area contributed by atoms with Crippen LogP contribution in [0.1, 0.15) is 11.1 Å². The summed E-state index contributed by atoms with van der Waals surface area (Å²) in [5.74, 6) is 1.39. The summed E-state index contributed by atoms with van der Waals surface area (Å²) in [6, 6.07) is 11.2. The maximum absolute atomic E-state index is 11.9. The van der Waals surface area contributed by atoms with E-state index in [0.717, 1.165) is 28.3 Å². The van der Waals surface area contributed by atoms with Crippen LogP contribution in [0.15, 0.2) is 36.4 Å².